The molecule has 4 heteroatoms. The number of halogens is 1. The molecule has 0 amide bonds. The Balaban J connectivity index is 1.70. The van der Waals surface area contributed by atoms with Gasteiger partial charge in [0, 0.05) is 18.5 Å². The number of benzene rings is 2. The largest absolute Gasteiger partial charge is 0.489 e. The van der Waals surface area contributed by atoms with E-state index in [4.69, 9.17) is 9.47 Å². The van der Waals surface area contributed by atoms with Crippen LogP contribution in [-0.2, 0) is 0 Å². The number of piperidine rings is 1. The summed E-state index contributed by atoms with van der Waals surface area (Å²) in [5.41, 5.74) is 0. The van der Waals surface area contributed by atoms with E-state index in [0.29, 0.717) is 29.8 Å². The topological polar surface area (TPSA) is 30.5 Å². The van der Waals surface area contributed by atoms with E-state index in [0.717, 1.165) is 19.5 Å². The first-order valence-corrected chi connectivity index (χ1v) is 7.67. The highest BCUT2D eigenvalue weighted by atomic mass is 19.1. The third kappa shape index (κ3) is 3.98. The van der Waals surface area contributed by atoms with E-state index in [2.05, 4.69) is 5.32 Å². The lowest BCUT2D eigenvalue weighted by atomic mass is 10.0. The maximum Gasteiger partial charge on any atom is 0.172 e. The van der Waals surface area contributed by atoms with Gasteiger partial charge in [-0.25, -0.2) is 4.39 Å². The summed E-state index contributed by atoms with van der Waals surface area (Å²) in [4.78, 5) is 0. The van der Waals surface area contributed by atoms with Gasteiger partial charge >= 0.3 is 0 Å². The van der Waals surface area contributed by atoms with Gasteiger partial charge in [0.25, 0.3) is 0 Å². The Morgan fingerprint density at radius 3 is 2.73 bits per heavy atom. The zero-order chi connectivity index (χ0) is 15.2. The molecule has 2 aromatic rings. The highest BCUT2D eigenvalue weighted by Crippen LogP contribution is 2.32. The molecule has 1 aliphatic heterocycles. The molecule has 116 valence electrons. The van der Waals surface area contributed by atoms with E-state index in [-0.39, 0.29) is 5.82 Å². The molecule has 0 spiro atoms. The van der Waals surface area contributed by atoms with Crippen molar-refractivity contribution in [3.8, 4) is 17.2 Å². The zero-order valence-electron chi connectivity index (χ0n) is 12.4. The van der Waals surface area contributed by atoms with E-state index in [1.54, 1.807) is 6.07 Å². The molecule has 0 aromatic heterocycles. The van der Waals surface area contributed by atoms with Crippen LogP contribution in [0.4, 0.5) is 4.39 Å². The fourth-order valence-corrected chi connectivity index (χ4v) is 2.57. The van der Waals surface area contributed by atoms with Crippen LogP contribution < -0.4 is 14.8 Å². The Morgan fingerprint density at radius 1 is 1.09 bits per heavy atom. The lowest BCUT2D eigenvalue weighted by Crippen LogP contribution is -2.33. The molecule has 2 aromatic carbocycles. The minimum Gasteiger partial charge on any atom is -0.489 e. The van der Waals surface area contributed by atoms with Crippen molar-refractivity contribution in [2.24, 2.45) is 5.92 Å². The van der Waals surface area contributed by atoms with Gasteiger partial charge in [-0.2, -0.15) is 0 Å². The molecular weight excluding hydrogens is 281 g/mol. The van der Waals surface area contributed by atoms with Crippen LogP contribution in [-0.4, -0.2) is 19.7 Å². The first-order valence-electron chi connectivity index (χ1n) is 7.67. The maximum absolute atomic E-state index is 13.5. The molecule has 0 radical (unpaired) electrons. The first kappa shape index (κ1) is 14.9. The van der Waals surface area contributed by atoms with E-state index >= 15 is 0 Å². The van der Waals surface area contributed by atoms with E-state index in [1.165, 1.54) is 18.6 Å². The second-order valence-corrected chi connectivity index (χ2v) is 5.53. The average Bonchev–Trinajstić information content (AvgIpc) is 2.56. The number of ether oxygens (including phenoxy) is 2. The third-order valence-electron chi connectivity index (χ3n) is 3.75. The predicted molar refractivity (Wildman–Crippen MR) is 84.0 cm³/mol. The highest BCUT2D eigenvalue weighted by Gasteiger charge is 2.15. The van der Waals surface area contributed by atoms with Gasteiger partial charge in [-0.15, -0.1) is 0 Å². The van der Waals surface area contributed by atoms with Crippen molar-refractivity contribution in [2.45, 2.75) is 12.8 Å². The Morgan fingerprint density at radius 2 is 1.95 bits per heavy atom. The molecule has 1 N–H and O–H groups in total. The van der Waals surface area contributed by atoms with Gasteiger partial charge < -0.3 is 14.8 Å². The van der Waals surface area contributed by atoms with Crippen LogP contribution in [0.2, 0.25) is 0 Å². The summed E-state index contributed by atoms with van der Waals surface area (Å²) >= 11 is 0. The second-order valence-electron chi connectivity index (χ2n) is 5.53. The van der Waals surface area contributed by atoms with Gasteiger partial charge in [0.2, 0.25) is 0 Å². The number of hydrogen-bond donors (Lipinski definition) is 1. The summed E-state index contributed by atoms with van der Waals surface area (Å²) in [6, 6.07) is 13.7. The summed E-state index contributed by atoms with van der Waals surface area (Å²) in [5.74, 6) is 1.81. The van der Waals surface area contributed by atoms with Crippen LogP contribution in [0.1, 0.15) is 12.8 Å². The Kier molecular flexibility index (Phi) is 4.91. The molecule has 1 heterocycles. The molecule has 0 aliphatic carbocycles. The highest BCUT2D eigenvalue weighted by molar-refractivity contribution is 5.43. The van der Waals surface area contributed by atoms with Crippen LogP contribution in [0.3, 0.4) is 0 Å². The normalized spacial score (nSPS) is 18.0. The second kappa shape index (κ2) is 7.27. The van der Waals surface area contributed by atoms with Crippen molar-refractivity contribution in [3.63, 3.8) is 0 Å². The molecule has 1 saturated heterocycles. The van der Waals surface area contributed by atoms with Crippen molar-refractivity contribution in [1.82, 2.24) is 5.32 Å². The minimum absolute atomic E-state index is 0.336. The fourth-order valence-electron chi connectivity index (χ4n) is 2.57. The summed E-state index contributed by atoms with van der Waals surface area (Å²) in [6.07, 6.45) is 2.33. The van der Waals surface area contributed by atoms with Gasteiger partial charge in [0.15, 0.2) is 11.5 Å². The summed E-state index contributed by atoms with van der Waals surface area (Å²) in [5, 5.41) is 3.36. The van der Waals surface area contributed by atoms with Gasteiger partial charge in [-0.05, 0) is 43.7 Å². The molecule has 1 aliphatic rings. The standard InChI is InChI=1S/C18H20FNO2/c19-15-8-9-17(21-13-14-5-4-10-20-12-14)18(11-15)22-16-6-2-1-3-7-16/h1-3,6-9,11,14,20H,4-5,10,12-13H2/t14-/m0/s1. The molecule has 22 heavy (non-hydrogen) atoms. The summed E-state index contributed by atoms with van der Waals surface area (Å²) < 4.78 is 25.1. The molecular formula is C18H20FNO2. The van der Waals surface area contributed by atoms with Crippen molar-refractivity contribution in [3.05, 3.63) is 54.3 Å². The van der Waals surface area contributed by atoms with Crippen molar-refractivity contribution < 1.29 is 13.9 Å². The van der Waals surface area contributed by atoms with E-state index in [1.807, 2.05) is 30.3 Å². The smallest absolute Gasteiger partial charge is 0.172 e. The SMILES string of the molecule is Fc1ccc(OC[C@H]2CCCNC2)c(Oc2ccccc2)c1. The minimum atomic E-state index is -0.336. The van der Waals surface area contributed by atoms with Gasteiger partial charge in [0.1, 0.15) is 11.6 Å². The van der Waals surface area contributed by atoms with Crippen LogP contribution >= 0.6 is 0 Å². The summed E-state index contributed by atoms with van der Waals surface area (Å²) in [7, 11) is 0. The molecule has 3 nitrogen and oxygen atoms in total. The summed E-state index contributed by atoms with van der Waals surface area (Å²) in [6.45, 7) is 2.66. The van der Waals surface area contributed by atoms with Gasteiger partial charge in [-0.1, -0.05) is 18.2 Å². The Labute approximate surface area is 130 Å². The van der Waals surface area contributed by atoms with Crippen LogP contribution in [0.25, 0.3) is 0 Å². The number of para-hydroxylation sites is 1. The quantitative estimate of drug-likeness (QED) is 0.905. The lowest BCUT2D eigenvalue weighted by Gasteiger charge is -2.23. The average molecular weight is 301 g/mol. The predicted octanol–water partition coefficient (Wildman–Crippen LogP) is 4.00. The molecule has 1 fully saturated rings. The van der Waals surface area contributed by atoms with Gasteiger partial charge in [-0.3, -0.25) is 0 Å². The van der Waals surface area contributed by atoms with Crippen molar-refractivity contribution in [1.29, 1.82) is 0 Å². The Hall–Kier alpha value is -2.07. The van der Waals surface area contributed by atoms with Crippen molar-refractivity contribution in [2.75, 3.05) is 19.7 Å². The number of rotatable bonds is 5. The van der Waals surface area contributed by atoms with Crippen LogP contribution in [0, 0.1) is 11.7 Å². The molecule has 0 bridgehead atoms. The van der Waals surface area contributed by atoms with Crippen LogP contribution in [0.15, 0.2) is 48.5 Å². The molecule has 0 unspecified atom stereocenters. The number of hydrogen-bond acceptors (Lipinski definition) is 3. The zero-order valence-corrected chi connectivity index (χ0v) is 12.4. The first-order chi connectivity index (χ1) is 10.8. The molecule has 1 atom stereocenters. The number of nitrogens with one attached hydrogen (secondary N) is 1. The van der Waals surface area contributed by atoms with Crippen molar-refractivity contribution >= 4 is 0 Å². The Bertz CT molecular complexity index is 597. The maximum atomic E-state index is 13.5. The monoisotopic (exact) mass is 301 g/mol. The van der Waals surface area contributed by atoms with E-state index in [9.17, 15) is 4.39 Å². The lowest BCUT2D eigenvalue weighted by molar-refractivity contribution is 0.213. The molecule has 0 saturated carbocycles. The van der Waals surface area contributed by atoms with Gasteiger partial charge in [0.05, 0.1) is 6.61 Å². The van der Waals surface area contributed by atoms with E-state index < -0.39 is 0 Å². The molecule has 3 rings (SSSR count). The fraction of sp³-hybridized carbons (Fsp3) is 0.333. The van der Waals surface area contributed by atoms with Crippen LogP contribution in [0.5, 0.6) is 17.2 Å². The third-order valence-corrected chi connectivity index (χ3v) is 3.75.